The Bertz CT molecular complexity index is 240. The van der Waals surface area contributed by atoms with Crippen LogP contribution in [0.4, 0.5) is 0 Å². The van der Waals surface area contributed by atoms with E-state index in [0.717, 1.165) is 0 Å². The lowest BCUT2D eigenvalue weighted by Crippen LogP contribution is -2.37. The highest BCUT2D eigenvalue weighted by Gasteiger charge is 2.32. The predicted octanol–water partition coefficient (Wildman–Crippen LogP) is -0.989. The van der Waals surface area contributed by atoms with Gasteiger partial charge in [0, 0.05) is 19.5 Å². The lowest BCUT2D eigenvalue weighted by Gasteiger charge is -2.12. The van der Waals surface area contributed by atoms with Gasteiger partial charge in [-0.25, -0.2) is 5.84 Å². The number of hydrogen-bond donors (Lipinski definition) is 2. The molecule has 1 aliphatic rings. The summed E-state index contributed by atoms with van der Waals surface area (Å²) < 4.78 is 0. The number of nitrogens with one attached hydrogen (secondary N) is 1. The molecule has 1 rings (SSSR count). The molecule has 0 bridgehead atoms. The second kappa shape index (κ2) is 4.04. The highest BCUT2D eigenvalue weighted by Crippen LogP contribution is 2.17. The first-order chi connectivity index (χ1) is 6.19. The van der Waals surface area contributed by atoms with Crippen molar-refractivity contribution in [3.8, 4) is 0 Å². The quantitative estimate of drug-likeness (QED) is 0.255. The second-order valence-corrected chi connectivity index (χ2v) is 3.00. The van der Waals surface area contributed by atoms with Gasteiger partial charge >= 0.3 is 0 Å². The average molecular weight is 183 g/mol. The Morgan fingerprint density at radius 2 is 2.54 bits per heavy atom. The van der Waals surface area contributed by atoms with Crippen LogP contribution in [0, 0.1) is 5.92 Å². The third-order valence-electron chi connectivity index (χ3n) is 2.08. The summed E-state index contributed by atoms with van der Waals surface area (Å²) in [5, 5.41) is 0. The Morgan fingerprint density at radius 3 is 3.08 bits per heavy atom. The molecule has 3 N–H and O–H groups in total. The SMILES string of the molecule is C=CCN1C[C@H](C(=O)NN)CC1=O. The fourth-order valence-electron chi connectivity index (χ4n) is 1.40. The van der Waals surface area contributed by atoms with Crippen LogP contribution in [-0.2, 0) is 9.59 Å². The van der Waals surface area contributed by atoms with Gasteiger partial charge in [-0.2, -0.15) is 0 Å². The summed E-state index contributed by atoms with van der Waals surface area (Å²) >= 11 is 0. The Morgan fingerprint density at radius 1 is 1.85 bits per heavy atom. The van der Waals surface area contributed by atoms with Crippen molar-refractivity contribution in [2.45, 2.75) is 6.42 Å². The summed E-state index contributed by atoms with van der Waals surface area (Å²) in [5.74, 6) is 4.36. The number of hydrogen-bond acceptors (Lipinski definition) is 3. The first-order valence-corrected chi connectivity index (χ1v) is 4.08. The van der Waals surface area contributed by atoms with Crippen LogP contribution in [-0.4, -0.2) is 29.8 Å². The molecule has 0 radical (unpaired) electrons. The third-order valence-corrected chi connectivity index (χ3v) is 2.08. The molecule has 72 valence electrons. The van der Waals surface area contributed by atoms with Gasteiger partial charge in [0.05, 0.1) is 5.92 Å². The highest BCUT2D eigenvalue weighted by atomic mass is 16.2. The Hall–Kier alpha value is -1.36. The average Bonchev–Trinajstić information content (AvgIpc) is 2.47. The number of hydrazine groups is 1. The van der Waals surface area contributed by atoms with Crippen molar-refractivity contribution in [1.29, 1.82) is 0 Å². The summed E-state index contributed by atoms with van der Waals surface area (Å²) in [6.45, 7) is 4.46. The minimum Gasteiger partial charge on any atom is -0.338 e. The van der Waals surface area contributed by atoms with Crippen molar-refractivity contribution in [2.24, 2.45) is 11.8 Å². The summed E-state index contributed by atoms with van der Waals surface area (Å²) in [6, 6.07) is 0. The lowest BCUT2D eigenvalue weighted by molar-refractivity contribution is -0.128. The first kappa shape index (κ1) is 9.73. The zero-order valence-corrected chi connectivity index (χ0v) is 7.32. The van der Waals surface area contributed by atoms with Crippen LogP contribution >= 0.6 is 0 Å². The van der Waals surface area contributed by atoms with Crippen LogP contribution in [0.1, 0.15) is 6.42 Å². The molecule has 1 saturated heterocycles. The largest absolute Gasteiger partial charge is 0.338 e. The minimum atomic E-state index is -0.308. The Balaban J connectivity index is 2.54. The van der Waals surface area contributed by atoms with Crippen molar-refractivity contribution in [3.63, 3.8) is 0 Å². The molecule has 0 aromatic rings. The molecule has 1 heterocycles. The third kappa shape index (κ3) is 2.06. The molecule has 0 aromatic heterocycles. The number of nitrogens with zero attached hydrogens (tertiary/aromatic N) is 1. The normalized spacial score (nSPS) is 21.8. The van der Waals surface area contributed by atoms with E-state index >= 15 is 0 Å². The second-order valence-electron chi connectivity index (χ2n) is 3.00. The van der Waals surface area contributed by atoms with Crippen molar-refractivity contribution < 1.29 is 9.59 Å². The van der Waals surface area contributed by atoms with E-state index in [9.17, 15) is 9.59 Å². The summed E-state index contributed by atoms with van der Waals surface area (Å²) in [5.41, 5.74) is 2.05. The van der Waals surface area contributed by atoms with E-state index in [2.05, 4.69) is 6.58 Å². The van der Waals surface area contributed by atoms with E-state index in [4.69, 9.17) is 5.84 Å². The highest BCUT2D eigenvalue weighted by molar-refractivity contribution is 5.89. The summed E-state index contributed by atoms with van der Waals surface area (Å²) in [6.07, 6.45) is 1.89. The fourth-order valence-corrected chi connectivity index (χ4v) is 1.40. The minimum absolute atomic E-state index is 0.0199. The molecule has 0 spiro atoms. The standard InChI is InChI=1S/C8H13N3O2/c1-2-3-11-5-6(4-7(11)12)8(13)10-9/h2,6H,1,3-5,9H2,(H,10,13)/t6-/m1/s1. The van der Waals surface area contributed by atoms with Gasteiger partial charge in [-0.1, -0.05) is 6.08 Å². The van der Waals surface area contributed by atoms with Gasteiger partial charge in [-0.05, 0) is 0 Å². The monoisotopic (exact) mass is 183 g/mol. The summed E-state index contributed by atoms with van der Waals surface area (Å²) in [4.78, 5) is 23.9. The van der Waals surface area contributed by atoms with Crippen molar-refractivity contribution in [1.82, 2.24) is 10.3 Å². The molecule has 2 amide bonds. The van der Waals surface area contributed by atoms with E-state index in [1.54, 1.807) is 11.0 Å². The smallest absolute Gasteiger partial charge is 0.239 e. The Labute approximate surface area is 76.5 Å². The molecule has 13 heavy (non-hydrogen) atoms. The van der Waals surface area contributed by atoms with Crippen LogP contribution < -0.4 is 11.3 Å². The van der Waals surface area contributed by atoms with Crippen LogP contribution in [0.5, 0.6) is 0 Å². The van der Waals surface area contributed by atoms with Gasteiger partial charge in [-0.15, -0.1) is 6.58 Å². The van der Waals surface area contributed by atoms with Gasteiger partial charge in [-0.3, -0.25) is 15.0 Å². The molecular weight excluding hydrogens is 170 g/mol. The van der Waals surface area contributed by atoms with Crippen molar-refractivity contribution >= 4 is 11.8 Å². The maximum Gasteiger partial charge on any atom is 0.239 e. The molecule has 0 unspecified atom stereocenters. The molecule has 0 aliphatic carbocycles. The van der Waals surface area contributed by atoms with Gasteiger partial charge in [0.1, 0.15) is 0 Å². The van der Waals surface area contributed by atoms with Gasteiger partial charge in [0.2, 0.25) is 11.8 Å². The molecule has 5 heteroatoms. The topological polar surface area (TPSA) is 75.4 Å². The van der Waals surface area contributed by atoms with E-state index in [0.29, 0.717) is 13.1 Å². The molecule has 0 saturated carbocycles. The molecule has 5 nitrogen and oxygen atoms in total. The van der Waals surface area contributed by atoms with Crippen LogP contribution in [0.25, 0.3) is 0 Å². The number of nitrogens with two attached hydrogens (primary N) is 1. The lowest BCUT2D eigenvalue weighted by atomic mass is 10.1. The van der Waals surface area contributed by atoms with Crippen LogP contribution in [0.15, 0.2) is 12.7 Å². The predicted molar refractivity (Wildman–Crippen MR) is 47.2 cm³/mol. The molecule has 1 atom stereocenters. The Kier molecular flexibility index (Phi) is 3.02. The van der Waals surface area contributed by atoms with E-state index in [1.165, 1.54) is 0 Å². The zero-order valence-electron chi connectivity index (χ0n) is 7.32. The van der Waals surface area contributed by atoms with E-state index in [1.807, 2.05) is 5.43 Å². The van der Waals surface area contributed by atoms with E-state index < -0.39 is 0 Å². The zero-order chi connectivity index (χ0) is 9.84. The van der Waals surface area contributed by atoms with Crippen molar-refractivity contribution in [3.05, 3.63) is 12.7 Å². The maximum atomic E-state index is 11.3. The number of carbonyl (C=O) groups is 2. The maximum absolute atomic E-state index is 11.3. The number of amides is 2. The molecule has 1 aliphatic heterocycles. The number of carbonyl (C=O) groups excluding carboxylic acids is 2. The number of rotatable bonds is 3. The first-order valence-electron chi connectivity index (χ1n) is 4.08. The van der Waals surface area contributed by atoms with Gasteiger partial charge in [0.15, 0.2) is 0 Å². The van der Waals surface area contributed by atoms with Gasteiger partial charge < -0.3 is 4.90 Å². The van der Waals surface area contributed by atoms with Crippen LogP contribution in [0.3, 0.4) is 0 Å². The molecular formula is C8H13N3O2. The summed E-state index contributed by atoms with van der Waals surface area (Å²) in [7, 11) is 0. The number of likely N-dealkylation sites (tertiary alicyclic amines) is 1. The molecule has 1 fully saturated rings. The van der Waals surface area contributed by atoms with Gasteiger partial charge in [0.25, 0.3) is 0 Å². The fraction of sp³-hybridized carbons (Fsp3) is 0.500. The molecule has 0 aromatic carbocycles. The van der Waals surface area contributed by atoms with Crippen LogP contribution in [0.2, 0.25) is 0 Å². The van der Waals surface area contributed by atoms with E-state index in [-0.39, 0.29) is 24.2 Å². The van der Waals surface area contributed by atoms with Crippen molar-refractivity contribution in [2.75, 3.05) is 13.1 Å².